The predicted molar refractivity (Wildman–Crippen MR) is 67.4 cm³/mol. The van der Waals surface area contributed by atoms with Gasteiger partial charge in [-0.25, -0.2) is 0 Å². The maximum atomic E-state index is 11.8. The second-order valence-corrected chi connectivity index (χ2v) is 4.74. The fraction of sp³-hybridized carbons (Fsp3) is 0.286. The molecule has 1 fully saturated rings. The average Bonchev–Trinajstić information content (AvgIpc) is 3.11. The van der Waals surface area contributed by atoms with Crippen molar-refractivity contribution in [3.8, 4) is 6.07 Å². The number of amides is 1. The molecule has 0 aliphatic heterocycles. The van der Waals surface area contributed by atoms with E-state index >= 15 is 0 Å². The number of nitrogens with one attached hydrogen (secondary N) is 2. The first kappa shape index (κ1) is 10.8. The Labute approximate surface area is 105 Å². The van der Waals surface area contributed by atoms with Crippen LogP contribution in [0.25, 0.3) is 10.9 Å². The first-order valence-corrected chi connectivity index (χ1v) is 6.00. The van der Waals surface area contributed by atoms with Crippen molar-refractivity contribution >= 4 is 16.8 Å². The minimum atomic E-state index is -0.744. The van der Waals surface area contributed by atoms with Crippen molar-refractivity contribution < 1.29 is 4.79 Å². The Morgan fingerprint density at radius 2 is 2.22 bits per heavy atom. The zero-order valence-corrected chi connectivity index (χ0v) is 9.86. The van der Waals surface area contributed by atoms with E-state index in [4.69, 9.17) is 5.26 Å². The van der Waals surface area contributed by atoms with Gasteiger partial charge in [0.1, 0.15) is 5.41 Å². The lowest BCUT2D eigenvalue weighted by molar-refractivity contribution is -0.124. The number of benzene rings is 1. The predicted octanol–water partition coefficient (Wildman–Crippen LogP) is 2.09. The van der Waals surface area contributed by atoms with Crippen LogP contribution < -0.4 is 5.32 Å². The number of carbonyl (C=O) groups is 1. The van der Waals surface area contributed by atoms with Gasteiger partial charge in [0.05, 0.1) is 6.07 Å². The van der Waals surface area contributed by atoms with Gasteiger partial charge in [0.15, 0.2) is 0 Å². The second-order valence-electron chi connectivity index (χ2n) is 4.74. The molecule has 1 aliphatic rings. The maximum absolute atomic E-state index is 11.8. The van der Waals surface area contributed by atoms with Crippen molar-refractivity contribution in [2.24, 2.45) is 5.41 Å². The quantitative estimate of drug-likeness (QED) is 0.861. The summed E-state index contributed by atoms with van der Waals surface area (Å²) < 4.78 is 0. The summed E-state index contributed by atoms with van der Waals surface area (Å²) in [5, 5.41) is 12.9. The summed E-state index contributed by atoms with van der Waals surface area (Å²) in [6, 6.07) is 10.1. The van der Waals surface area contributed by atoms with Crippen molar-refractivity contribution in [2.75, 3.05) is 0 Å². The van der Waals surface area contributed by atoms with E-state index in [-0.39, 0.29) is 5.91 Å². The molecule has 4 heteroatoms. The highest BCUT2D eigenvalue weighted by Crippen LogP contribution is 2.45. The molecule has 2 N–H and O–H groups in total. The Balaban J connectivity index is 1.74. The number of hydrogen-bond acceptors (Lipinski definition) is 2. The first-order valence-electron chi connectivity index (χ1n) is 6.00. The summed E-state index contributed by atoms with van der Waals surface area (Å²) >= 11 is 0. The largest absolute Gasteiger partial charge is 0.361 e. The normalized spacial score (nSPS) is 16.2. The number of rotatable bonds is 3. The van der Waals surface area contributed by atoms with Crippen molar-refractivity contribution in [3.05, 3.63) is 36.0 Å². The molecule has 1 saturated carbocycles. The molecule has 1 aromatic heterocycles. The van der Waals surface area contributed by atoms with Gasteiger partial charge in [0.2, 0.25) is 5.91 Å². The third kappa shape index (κ3) is 1.65. The number of aromatic nitrogens is 1. The number of H-pyrrole nitrogens is 1. The fourth-order valence-electron chi connectivity index (χ4n) is 2.14. The lowest BCUT2D eigenvalue weighted by Gasteiger charge is -2.07. The molecule has 1 amide bonds. The molecule has 0 bridgehead atoms. The highest BCUT2D eigenvalue weighted by molar-refractivity contribution is 5.89. The third-order valence-electron chi connectivity index (χ3n) is 3.51. The summed E-state index contributed by atoms with van der Waals surface area (Å²) in [4.78, 5) is 15.0. The van der Waals surface area contributed by atoms with Crippen molar-refractivity contribution in [1.29, 1.82) is 5.26 Å². The van der Waals surface area contributed by atoms with Crippen LogP contribution >= 0.6 is 0 Å². The summed E-state index contributed by atoms with van der Waals surface area (Å²) in [5.74, 6) is -0.143. The van der Waals surface area contributed by atoms with Crippen LogP contribution in [-0.4, -0.2) is 10.9 Å². The molecule has 1 aliphatic carbocycles. The van der Waals surface area contributed by atoms with Gasteiger partial charge in [-0.2, -0.15) is 5.26 Å². The molecule has 90 valence electrons. The molecule has 4 nitrogen and oxygen atoms in total. The van der Waals surface area contributed by atoms with E-state index in [9.17, 15) is 4.79 Å². The average molecular weight is 239 g/mol. The van der Waals surface area contributed by atoms with Crippen molar-refractivity contribution in [2.45, 2.75) is 19.4 Å². The Bertz CT molecular complexity index is 646. The van der Waals surface area contributed by atoms with Crippen molar-refractivity contribution in [3.63, 3.8) is 0 Å². The van der Waals surface area contributed by atoms with E-state index < -0.39 is 5.41 Å². The molecule has 1 heterocycles. The van der Waals surface area contributed by atoms with Crippen LogP contribution in [0.4, 0.5) is 0 Å². The fourth-order valence-corrected chi connectivity index (χ4v) is 2.14. The van der Waals surface area contributed by atoms with Crippen molar-refractivity contribution in [1.82, 2.24) is 10.3 Å². The first-order chi connectivity index (χ1) is 8.75. The second kappa shape index (κ2) is 3.88. The number of hydrogen-bond donors (Lipinski definition) is 2. The number of aromatic amines is 1. The molecular formula is C14H13N3O. The molecule has 3 rings (SSSR count). The van der Waals surface area contributed by atoms with Gasteiger partial charge >= 0.3 is 0 Å². The molecule has 18 heavy (non-hydrogen) atoms. The van der Waals surface area contributed by atoms with Crippen LogP contribution in [0, 0.1) is 16.7 Å². The van der Waals surface area contributed by atoms with Gasteiger partial charge < -0.3 is 10.3 Å². The number of nitrogens with zero attached hydrogens (tertiary/aromatic N) is 1. The standard InChI is InChI=1S/C14H13N3O/c15-9-14(5-6-14)13(18)17-8-10-7-16-12-4-2-1-3-11(10)12/h1-4,7,16H,5-6,8H2,(H,17,18). The topological polar surface area (TPSA) is 68.7 Å². The number of nitriles is 1. The molecular weight excluding hydrogens is 226 g/mol. The van der Waals surface area contributed by atoms with Gasteiger partial charge in [0, 0.05) is 23.6 Å². The minimum absolute atomic E-state index is 0.143. The van der Waals surface area contributed by atoms with E-state index in [1.54, 1.807) is 0 Å². The van der Waals surface area contributed by atoms with E-state index in [1.807, 2.05) is 30.5 Å². The smallest absolute Gasteiger partial charge is 0.240 e. The van der Waals surface area contributed by atoms with Gasteiger partial charge in [-0.3, -0.25) is 4.79 Å². The van der Waals surface area contributed by atoms with E-state index in [1.165, 1.54) is 0 Å². The zero-order valence-electron chi connectivity index (χ0n) is 9.86. The highest BCUT2D eigenvalue weighted by atomic mass is 16.2. The Kier molecular flexibility index (Phi) is 2.34. The lowest BCUT2D eigenvalue weighted by atomic mass is 10.1. The monoisotopic (exact) mass is 239 g/mol. The van der Waals surface area contributed by atoms with Crippen LogP contribution in [0.15, 0.2) is 30.5 Å². The van der Waals surface area contributed by atoms with E-state index in [0.717, 1.165) is 16.5 Å². The van der Waals surface area contributed by atoms with E-state index in [0.29, 0.717) is 19.4 Å². The molecule has 0 saturated heterocycles. The number of carbonyl (C=O) groups excluding carboxylic acids is 1. The van der Waals surface area contributed by atoms with Crippen LogP contribution in [0.1, 0.15) is 18.4 Å². The van der Waals surface area contributed by atoms with Gasteiger partial charge in [-0.05, 0) is 24.5 Å². The maximum Gasteiger partial charge on any atom is 0.240 e. The molecule has 0 unspecified atom stereocenters. The number of fused-ring (bicyclic) bond motifs is 1. The zero-order chi connectivity index (χ0) is 12.6. The Hall–Kier alpha value is -2.28. The van der Waals surface area contributed by atoms with Gasteiger partial charge in [0.25, 0.3) is 0 Å². The molecule has 2 aromatic rings. The van der Waals surface area contributed by atoms with Gasteiger partial charge in [-0.1, -0.05) is 18.2 Å². The molecule has 0 spiro atoms. The molecule has 0 atom stereocenters. The van der Waals surface area contributed by atoms with Gasteiger partial charge in [-0.15, -0.1) is 0 Å². The summed E-state index contributed by atoms with van der Waals surface area (Å²) in [7, 11) is 0. The highest BCUT2D eigenvalue weighted by Gasteiger charge is 2.50. The Morgan fingerprint density at radius 1 is 1.44 bits per heavy atom. The van der Waals surface area contributed by atoms with Crippen LogP contribution in [-0.2, 0) is 11.3 Å². The molecule has 0 radical (unpaired) electrons. The minimum Gasteiger partial charge on any atom is -0.361 e. The molecule has 1 aromatic carbocycles. The third-order valence-corrected chi connectivity index (χ3v) is 3.51. The summed E-state index contributed by atoms with van der Waals surface area (Å²) in [5.41, 5.74) is 1.36. The van der Waals surface area contributed by atoms with Crippen LogP contribution in [0.5, 0.6) is 0 Å². The summed E-state index contributed by atoms with van der Waals surface area (Å²) in [6.45, 7) is 0.465. The summed E-state index contributed by atoms with van der Waals surface area (Å²) in [6.07, 6.45) is 3.27. The SMILES string of the molecule is N#CC1(C(=O)NCc2c[nH]c3ccccc23)CC1. The Morgan fingerprint density at radius 3 is 2.94 bits per heavy atom. The van der Waals surface area contributed by atoms with E-state index in [2.05, 4.69) is 16.4 Å². The number of para-hydroxylation sites is 1. The lowest BCUT2D eigenvalue weighted by Crippen LogP contribution is -2.30. The van der Waals surface area contributed by atoms with Crippen LogP contribution in [0.3, 0.4) is 0 Å². The van der Waals surface area contributed by atoms with Crippen LogP contribution in [0.2, 0.25) is 0 Å².